The molecule has 0 bridgehead atoms. The van der Waals surface area contributed by atoms with Crippen LogP contribution in [0, 0.1) is 0 Å². The molecule has 1 aliphatic heterocycles. The number of nitrogens with one attached hydrogen (secondary N) is 2. The summed E-state index contributed by atoms with van der Waals surface area (Å²) in [6, 6.07) is 7.91. The number of rotatable bonds is 6. The van der Waals surface area contributed by atoms with Crippen molar-refractivity contribution in [1.29, 1.82) is 0 Å². The first kappa shape index (κ1) is 18.1. The lowest BCUT2D eigenvalue weighted by molar-refractivity contribution is -0.130. The van der Waals surface area contributed by atoms with Crippen LogP contribution < -0.4 is 15.4 Å². The third-order valence-corrected chi connectivity index (χ3v) is 4.06. The van der Waals surface area contributed by atoms with Crippen LogP contribution >= 0.6 is 0 Å². The molecule has 1 aromatic rings. The molecule has 0 aliphatic carbocycles. The van der Waals surface area contributed by atoms with Crippen LogP contribution in [0.25, 0.3) is 0 Å². The molecule has 1 saturated heterocycles. The molecule has 0 unspecified atom stereocenters. The second kappa shape index (κ2) is 9.80. The highest BCUT2D eigenvalue weighted by molar-refractivity contribution is 5.86. The Morgan fingerprint density at radius 3 is 2.67 bits per heavy atom. The summed E-state index contributed by atoms with van der Waals surface area (Å²) in [6.45, 7) is 5.20. The van der Waals surface area contributed by atoms with E-state index in [4.69, 9.17) is 4.74 Å². The fourth-order valence-corrected chi connectivity index (χ4v) is 2.76. The Kier molecular flexibility index (Phi) is 7.39. The van der Waals surface area contributed by atoms with Crippen LogP contribution in [0.5, 0.6) is 5.75 Å². The van der Waals surface area contributed by atoms with Gasteiger partial charge in [0.1, 0.15) is 5.75 Å². The molecule has 1 aromatic carbocycles. The first-order valence-corrected chi connectivity index (χ1v) is 8.67. The van der Waals surface area contributed by atoms with Gasteiger partial charge in [0.05, 0.1) is 13.2 Å². The third-order valence-electron chi connectivity index (χ3n) is 4.06. The number of guanidine groups is 1. The lowest BCUT2D eigenvalue weighted by Crippen LogP contribution is -2.45. The number of hydrogen-bond donors (Lipinski definition) is 2. The van der Waals surface area contributed by atoms with E-state index in [2.05, 4.69) is 15.6 Å². The van der Waals surface area contributed by atoms with Crippen molar-refractivity contribution in [3.05, 3.63) is 29.8 Å². The molecular formula is C18H28N4O2. The van der Waals surface area contributed by atoms with E-state index in [1.54, 1.807) is 7.05 Å². The van der Waals surface area contributed by atoms with Crippen molar-refractivity contribution in [3.63, 3.8) is 0 Å². The van der Waals surface area contributed by atoms with Crippen LogP contribution in [0.15, 0.2) is 29.3 Å². The highest BCUT2D eigenvalue weighted by Crippen LogP contribution is 2.17. The predicted molar refractivity (Wildman–Crippen MR) is 96.2 cm³/mol. The molecule has 1 fully saturated rings. The highest BCUT2D eigenvalue weighted by atomic mass is 16.5. The van der Waals surface area contributed by atoms with E-state index in [-0.39, 0.29) is 12.5 Å². The number of para-hydroxylation sites is 1. The van der Waals surface area contributed by atoms with Crippen molar-refractivity contribution in [2.45, 2.75) is 32.7 Å². The van der Waals surface area contributed by atoms with Gasteiger partial charge >= 0.3 is 0 Å². The van der Waals surface area contributed by atoms with Gasteiger partial charge in [0.15, 0.2) is 5.96 Å². The van der Waals surface area contributed by atoms with Gasteiger partial charge in [0, 0.05) is 32.2 Å². The number of carbonyl (C=O) groups is 1. The number of hydrogen-bond acceptors (Lipinski definition) is 3. The molecule has 24 heavy (non-hydrogen) atoms. The standard InChI is InChI=1S/C18H28N4O2/c1-3-24-16-10-6-5-9-15(16)13-20-18(19-2)21-14-17(23)22-11-7-4-8-12-22/h5-6,9-10H,3-4,7-8,11-14H2,1-2H3,(H2,19,20,21). The van der Waals surface area contributed by atoms with E-state index in [0.29, 0.717) is 19.1 Å². The van der Waals surface area contributed by atoms with Crippen LogP contribution in [0.2, 0.25) is 0 Å². The van der Waals surface area contributed by atoms with Crippen molar-refractivity contribution in [3.8, 4) is 5.75 Å². The first-order chi connectivity index (χ1) is 11.7. The molecule has 1 heterocycles. The van der Waals surface area contributed by atoms with Gasteiger partial charge in [0.2, 0.25) is 5.91 Å². The van der Waals surface area contributed by atoms with Crippen molar-refractivity contribution in [1.82, 2.24) is 15.5 Å². The van der Waals surface area contributed by atoms with Gasteiger partial charge in [-0.1, -0.05) is 18.2 Å². The fourth-order valence-electron chi connectivity index (χ4n) is 2.76. The Hall–Kier alpha value is -2.24. The Balaban J connectivity index is 1.81. The maximum Gasteiger partial charge on any atom is 0.241 e. The molecule has 0 saturated carbocycles. The lowest BCUT2D eigenvalue weighted by atomic mass is 10.1. The molecule has 6 heteroatoms. The van der Waals surface area contributed by atoms with Crippen LogP contribution in [-0.2, 0) is 11.3 Å². The highest BCUT2D eigenvalue weighted by Gasteiger charge is 2.16. The van der Waals surface area contributed by atoms with Crippen LogP contribution in [0.3, 0.4) is 0 Å². The first-order valence-electron chi connectivity index (χ1n) is 8.67. The number of ether oxygens (including phenoxy) is 1. The van der Waals surface area contributed by atoms with E-state index >= 15 is 0 Å². The number of nitrogens with zero attached hydrogens (tertiary/aromatic N) is 2. The number of piperidine rings is 1. The molecule has 2 N–H and O–H groups in total. The van der Waals surface area contributed by atoms with E-state index in [9.17, 15) is 4.79 Å². The quantitative estimate of drug-likeness (QED) is 0.615. The van der Waals surface area contributed by atoms with Crippen LogP contribution in [0.4, 0.5) is 0 Å². The Morgan fingerprint density at radius 1 is 1.21 bits per heavy atom. The second-order valence-corrected chi connectivity index (χ2v) is 5.76. The van der Waals surface area contributed by atoms with E-state index in [0.717, 1.165) is 37.2 Å². The monoisotopic (exact) mass is 332 g/mol. The van der Waals surface area contributed by atoms with Gasteiger partial charge in [-0.3, -0.25) is 9.79 Å². The minimum Gasteiger partial charge on any atom is -0.494 e. The largest absolute Gasteiger partial charge is 0.494 e. The summed E-state index contributed by atoms with van der Waals surface area (Å²) in [7, 11) is 1.70. The summed E-state index contributed by atoms with van der Waals surface area (Å²) in [5.74, 6) is 1.62. The van der Waals surface area contributed by atoms with Crippen molar-refractivity contribution in [2.75, 3.05) is 33.3 Å². The third kappa shape index (κ3) is 5.44. The Labute approximate surface area is 144 Å². The zero-order valence-electron chi connectivity index (χ0n) is 14.7. The predicted octanol–water partition coefficient (Wildman–Crippen LogP) is 1.76. The molecule has 0 aromatic heterocycles. The van der Waals surface area contributed by atoms with Gasteiger partial charge in [-0.25, -0.2) is 0 Å². The van der Waals surface area contributed by atoms with Gasteiger partial charge in [-0.05, 0) is 32.3 Å². The maximum atomic E-state index is 12.2. The Morgan fingerprint density at radius 2 is 1.96 bits per heavy atom. The van der Waals surface area contributed by atoms with E-state index in [1.165, 1.54) is 6.42 Å². The molecule has 0 atom stereocenters. The molecule has 1 aliphatic rings. The number of aliphatic imine (C=N–C) groups is 1. The van der Waals surface area contributed by atoms with Crippen LogP contribution in [-0.4, -0.2) is 50.1 Å². The smallest absolute Gasteiger partial charge is 0.241 e. The molecular weight excluding hydrogens is 304 g/mol. The van der Waals surface area contributed by atoms with Crippen molar-refractivity contribution < 1.29 is 9.53 Å². The average molecular weight is 332 g/mol. The minimum atomic E-state index is 0.132. The summed E-state index contributed by atoms with van der Waals surface area (Å²) in [5.41, 5.74) is 1.06. The molecule has 2 rings (SSSR count). The zero-order chi connectivity index (χ0) is 17.2. The SMILES string of the molecule is CCOc1ccccc1CNC(=NC)NCC(=O)N1CCCCC1. The second-order valence-electron chi connectivity index (χ2n) is 5.76. The topological polar surface area (TPSA) is 66.0 Å². The minimum absolute atomic E-state index is 0.132. The lowest BCUT2D eigenvalue weighted by Gasteiger charge is -2.27. The average Bonchev–Trinajstić information content (AvgIpc) is 2.64. The number of likely N-dealkylation sites (tertiary alicyclic amines) is 1. The van der Waals surface area contributed by atoms with Crippen LogP contribution in [0.1, 0.15) is 31.7 Å². The fraction of sp³-hybridized carbons (Fsp3) is 0.556. The summed E-state index contributed by atoms with van der Waals surface area (Å²) in [6.07, 6.45) is 3.43. The number of amides is 1. The van der Waals surface area contributed by atoms with Gasteiger partial charge in [-0.2, -0.15) is 0 Å². The van der Waals surface area contributed by atoms with Gasteiger partial charge in [0.25, 0.3) is 0 Å². The maximum absolute atomic E-state index is 12.2. The summed E-state index contributed by atoms with van der Waals surface area (Å²) < 4.78 is 5.62. The van der Waals surface area contributed by atoms with Crippen molar-refractivity contribution >= 4 is 11.9 Å². The van der Waals surface area contributed by atoms with E-state index in [1.807, 2.05) is 36.1 Å². The summed E-state index contributed by atoms with van der Waals surface area (Å²) >= 11 is 0. The van der Waals surface area contributed by atoms with E-state index < -0.39 is 0 Å². The molecule has 0 radical (unpaired) electrons. The molecule has 0 spiro atoms. The summed E-state index contributed by atoms with van der Waals surface area (Å²) in [4.78, 5) is 18.3. The van der Waals surface area contributed by atoms with Gasteiger partial charge in [-0.15, -0.1) is 0 Å². The molecule has 1 amide bonds. The van der Waals surface area contributed by atoms with Gasteiger partial charge < -0.3 is 20.3 Å². The summed E-state index contributed by atoms with van der Waals surface area (Å²) in [5, 5.41) is 6.33. The molecule has 6 nitrogen and oxygen atoms in total. The molecule has 132 valence electrons. The Bertz CT molecular complexity index is 554. The zero-order valence-corrected chi connectivity index (χ0v) is 14.7. The number of benzene rings is 1. The number of carbonyl (C=O) groups excluding carboxylic acids is 1. The normalized spacial score (nSPS) is 15.1. The van der Waals surface area contributed by atoms with Crippen molar-refractivity contribution in [2.24, 2.45) is 4.99 Å².